The average molecular weight is 367 g/mol. The van der Waals surface area contributed by atoms with Crippen molar-refractivity contribution in [3.05, 3.63) is 24.4 Å². The molecular weight excluding hydrogens is 328 g/mol. The number of esters is 1. The topological polar surface area (TPSA) is 57.2 Å². The van der Waals surface area contributed by atoms with Crippen LogP contribution in [0.15, 0.2) is 29.4 Å². The molecule has 0 fully saturated rings. The SMILES string of the molecule is C=C(/C=C\N=C(/C)CNCCCCN(CC)CC)C(=O)OCCN(C)C. The van der Waals surface area contributed by atoms with Crippen LogP contribution in [0.4, 0.5) is 0 Å². The zero-order valence-corrected chi connectivity index (χ0v) is 17.4. The number of hydrogen-bond acceptors (Lipinski definition) is 6. The summed E-state index contributed by atoms with van der Waals surface area (Å²) in [6.45, 7) is 16.3. The molecule has 0 atom stereocenters. The number of rotatable bonds is 15. The summed E-state index contributed by atoms with van der Waals surface area (Å²) < 4.78 is 5.11. The highest BCUT2D eigenvalue weighted by molar-refractivity contribution is 5.91. The second-order valence-electron chi connectivity index (χ2n) is 6.56. The molecule has 6 nitrogen and oxygen atoms in total. The lowest BCUT2D eigenvalue weighted by atomic mass is 10.3. The van der Waals surface area contributed by atoms with Crippen LogP contribution in [0.1, 0.15) is 33.6 Å². The van der Waals surface area contributed by atoms with Gasteiger partial charge in [-0.15, -0.1) is 0 Å². The predicted octanol–water partition coefficient (Wildman–Crippen LogP) is 2.33. The van der Waals surface area contributed by atoms with Crippen LogP contribution >= 0.6 is 0 Å². The Hall–Kier alpha value is -1.50. The molecule has 0 saturated heterocycles. The highest BCUT2D eigenvalue weighted by atomic mass is 16.5. The molecule has 0 rings (SSSR count). The minimum Gasteiger partial charge on any atom is -0.461 e. The molecule has 0 aromatic heterocycles. The molecule has 0 saturated carbocycles. The van der Waals surface area contributed by atoms with Crippen molar-refractivity contribution in [2.75, 3.05) is 60.0 Å². The zero-order valence-electron chi connectivity index (χ0n) is 17.4. The maximum Gasteiger partial charge on any atom is 0.337 e. The van der Waals surface area contributed by atoms with Gasteiger partial charge in [0, 0.05) is 25.0 Å². The van der Waals surface area contributed by atoms with E-state index in [9.17, 15) is 4.79 Å². The molecule has 0 amide bonds. The van der Waals surface area contributed by atoms with Gasteiger partial charge < -0.3 is 19.9 Å². The Morgan fingerprint density at radius 3 is 2.50 bits per heavy atom. The molecule has 0 unspecified atom stereocenters. The zero-order chi connectivity index (χ0) is 19.8. The average Bonchev–Trinajstić information content (AvgIpc) is 2.60. The Kier molecular flexibility index (Phi) is 14.8. The van der Waals surface area contributed by atoms with E-state index in [-0.39, 0.29) is 0 Å². The van der Waals surface area contributed by atoms with Crippen molar-refractivity contribution in [2.24, 2.45) is 4.99 Å². The van der Waals surface area contributed by atoms with Gasteiger partial charge in [0.25, 0.3) is 0 Å². The number of hydrogen-bond donors (Lipinski definition) is 1. The van der Waals surface area contributed by atoms with Crippen molar-refractivity contribution < 1.29 is 9.53 Å². The van der Waals surface area contributed by atoms with Crippen LogP contribution in [0.25, 0.3) is 0 Å². The second kappa shape index (κ2) is 15.7. The third-order valence-electron chi connectivity index (χ3n) is 3.96. The summed E-state index contributed by atoms with van der Waals surface area (Å²) in [4.78, 5) is 20.4. The molecule has 0 radical (unpaired) electrons. The predicted molar refractivity (Wildman–Crippen MR) is 111 cm³/mol. The molecular formula is C20H38N4O2. The fourth-order valence-electron chi connectivity index (χ4n) is 2.18. The standard InChI is InChI=1S/C20H38N4O2/c1-7-24(8-2)14-10-9-12-21-17-19(4)22-13-11-18(3)20(25)26-16-15-23(5)6/h11,13,21H,3,7-10,12,14-17H2,1-2,4-6H3/b13-11-,22-19+. The molecule has 0 bridgehead atoms. The maximum absolute atomic E-state index is 11.7. The minimum absolute atomic E-state index is 0.310. The van der Waals surface area contributed by atoms with Gasteiger partial charge in [0.2, 0.25) is 0 Å². The summed E-state index contributed by atoms with van der Waals surface area (Å²) in [5.41, 5.74) is 1.28. The van der Waals surface area contributed by atoms with Crippen LogP contribution in [0.3, 0.4) is 0 Å². The number of likely N-dealkylation sites (N-methyl/N-ethyl adjacent to an activating group) is 1. The van der Waals surface area contributed by atoms with Gasteiger partial charge >= 0.3 is 5.97 Å². The largest absolute Gasteiger partial charge is 0.461 e. The van der Waals surface area contributed by atoms with E-state index in [4.69, 9.17) is 4.74 Å². The van der Waals surface area contributed by atoms with E-state index < -0.39 is 5.97 Å². The minimum atomic E-state index is -0.401. The third kappa shape index (κ3) is 13.8. The molecule has 0 aliphatic heterocycles. The fraction of sp³-hybridized carbons (Fsp3) is 0.700. The van der Waals surface area contributed by atoms with Gasteiger partial charge in [0.05, 0.1) is 5.57 Å². The maximum atomic E-state index is 11.7. The van der Waals surface area contributed by atoms with Crippen LogP contribution in [-0.2, 0) is 9.53 Å². The number of nitrogens with one attached hydrogen (secondary N) is 1. The Labute approximate surface area is 160 Å². The quantitative estimate of drug-likeness (QED) is 0.158. The number of aliphatic imine (C=N–C) groups is 1. The second-order valence-corrected chi connectivity index (χ2v) is 6.56. The summed E-state index contributed by atoms with van der Waals surface area (Å²) in [6, 6.07) is 0. The van der Waals surface area contributed by atoms with Gasteiger partial charge in [0.1, 0.15) is 6.61 Å². The number of carbonyl (C=O) groups is 1. The molecule has 0 aromatic rings. The van der Waals surface area contributed by atoms with Crippen molar-refractivity contribution in [3.8, 4) is 0 Å². The van der Waals surface area contributed by atoms with Crippen molar-refractivity contribution in [3.63, 3.8) is 0 Å². The van der Waals surface area contributed by atoms with E-state index in [0.29, 0.717) is 18.7 Å². The lowest BCUT2D eigenvalue weighted by Gasteiger charge is -2.17. The summed E-state index contributed by atoms with van der Waals surface area (Å²) in [5, 5.41) is 3.39. The molecule has 26 heavy (non-hydrogen) atoms. The summed E-state index contributed by atoms with van der Waals surface area (Å²) in [5.74, 6) is -0.401. The van der Waals surface area contributed by atoms with Crippen LogP contribution in [0.2, 0.25) is 0 Å². The van der Waals surface area contributed by atoms with Gasteiger partial charge in [-0.2, -0.15) is 0 Å². The summed E-state index contributed by atoms with van der Waals surface area (Å²) >= 11 is 0. The van der Waals surface area contributed by atoms with Gasteiger partial charge in [0.15, 0.2) is 0 Å². The van der Waals surface area contributed by atoms with Gasteiger partial charge in [-0.25, -0.2) is 4.79 Å². The lowest BCUT2D eigenvalue weighted by Crippen LogP contribution is -2.26. The van der Waals surface area contributed by atoms with Crippen LogP contribution in [-0.4, -0.2) is 81.5 Å². The van der Waals surface area contributed by atoms with E-state index >= 15 is 0 Å². The summed E-state index contributed by atoms with van der Waals surface area (Å²) in [6.07, 6.45) is 5.56. The normalized spacial score (nSPS) is 12.3. The molecule has 150 valence electrons. The molecule has 0 spiro atoms. The number of carbonyl (C=O) groups excluding carboxylic acids is 1. The third-order valence-corrected chi connectivity index (χ3v) is 3.96. The van der Waals surface area contributed by atoms with Crippen molar-refractivity contribution in [1.82, 2.24) is 15.1 Å². The van der Waals surface area contributed by atoms with E-state index in [1.165, 1.54) is 6.42 Å². The van der Waals surface area contributed by atoms with Gasteiger partial charge in [-0.1, -0.05) is 20.4 Å². The first-order valence-corrected chi connectivity index (χ1v) is 9.54. The fourth-order valence-corrected chi connectivity index (χ4v) is 2.18. The highest BCUT2D eigenvalue weighted by Crippen LogP contribution is 1.98. The smallest absolute Gasteiger partial charge is 0.337 e. The van der Waals surface area contributed by atoms with E-state index in [1.807, 2.05) is 25.9 Å². The van der Waals surface area contributed by atoms with Crippen LogP contribution in [0, 0.1) is 0 Å². The summed E-state index contributed by atoms with van der Waals surface area (Å²) in [7, 11) is 3.86. The number of nitrogens with zero attached hydrogens (tertiary/aromatic N) is 3. The van der Waals surface area contributed by atoms with Gasteiger partial charge in [-0.3, -0.25) is 4.99 Å². The van der Waals surface area contributed by atoms with Crippen molar-refractivity contribution in [1.29, 1.82) is 0 Å². The molecule has 0 aliphatic rings. The first-order valence-electron chi connectivity index (χ1n) is 9.54. The van der Waals surface area contributed by atoms with Crippen molar-refractivity contribution >= 4 is 11.7 Å². The van der Waals surface area contributed by atoms with Crippen molar-refractivity contribution in [2.45, 2.75) is 33.6 Å². The monoisotopic (exact) mass is 366 g/mol. The van der Waals surface area contributed by atoms with E-state index in [1.54, 1.807) is 12.3 Å². The van der Waals surface area contributed by atoms with E-state index in [2.05, 4.69) is 35.6 Å². The highest BCUT2D eigenvalue weighted by Gasteiger charge is 2.05. The van der Waals surface area contributed by atoms with Crippen LogP contribution < -0.4 is 5.32 Å². The Bertz CT molecular complexity index is 455. The Morgan fingerprint density at radius 2 is 1.88 bits per heavy atom. The number of unbranched alkanes of at least 4 members (excludes halogenated alkanes) is 1. The molecule has 6 heteroatoms. The molecule has 1 N–H and O–H groups in total. The van der Waals surface area contributed by atoms with E-state index in [0.717, 1.165) is 44.9 Å². The first kappa shape index (κ1) is 24.5. The Morgan fingerprint density at radius 1 is 1.19 bits per heavy atom. The lowest BCUT2D eigenvalue weighted by molar-refractivity contribution is -0.138. The van der Waals surface area contributed by atoms with Crippen LogP contribution in [0.5, 0.6) is 0 Å². The number of ether oxygens (including phenoxy) is 1. The molecule has 0 aromatic carbocycles. The first-order chi connectivity index (χ1) is 12.4. The van der Waals surface area contributed by atoms with Gasteiger partial charge in [-0.05, 0) is 66.1 Å². The Balaban J connectivity index is 3.89. The molecule has 0 aliphatic carbocycles. The molecule has 0 heterocycles.